The molecular weight excluding hydrogens is 598 g/mol. The van der Waals surface area contributed by atoms with Crippen LogP contribution in [-0.4, -0.2) is 42.9 Å². The zero-order valence-corrected chi connectivity index (χ0v) is 23.7. The number of fused-ring (bicyclic) bond motifs is 1. The molecule has 2 aliphatic heterocycles. The molecule has 7 nitrogen and oxygen atoms in total. The van der Waals surface area contributed by atoms with Crippen LogP contribution in [0.1, 0.15) is 37.9 Å². The number of aryl methyl sites for hydroxylation is 1. The van der Waals surface area contributed by atoms with Gasteiger partial charge in [-0.2, -0.15) is 0 Å². The summed E-state index contributed by atoms with van der Waals surface area (Å²) in [6.07, 6.45) is 0. The summed E-state index contributed by atoms with van der Waals surface area (Å²) in [5.74, 6) is -1.26. The van der Waals surface area contributed by atoms with Crippen LogP contribution in [0.4, 0.5) is 5.69 Å². The molecule has 2 aliphatic rings. The van der Waals surface area contributed by atoms with Crippen LogP contribution in [-0.2, 0) is 4.79 Å². The van der Waals surface area contributed by atoms with Gasteiger partial charge in [0, 0.05) is 16.3 Å². The number of benzene rings is 3. The van der Waals surface area contributed by atoms with Crippen molar-refractivity contribution >= 4 is 81.4 Å². The van der Waals surface area contributed by atoms with Crippen molar-refractivity contribution in [1.29, 1.82) is 0 Å². The van der Waals surface area contributed by atoms with Crippen LogP contribution in [0, 0.1) is 6.92 Å². The monoisotopic (exact) mass is 612 g/mol. The number of methoxy groups -OCH3 is 2. The van der Waals surface area contributed by atoms with E-state index in [0.29, 0.717) is 27.8 Å². The second-order valence-electron chi connectivity index (χ2n) is 8.62. The number of rotatable bonds is 5. The van der Waals surface area contributed by atoms with Crippen LogP contribution >= 0.6 is 58.0 Å². The molecule has 2 heterocycles. The Labute approximate surface area is 242 Å². The molecule has 2 unspecified atom stereocenters. The van der Waals surface area contributed by atoms with Crippen LogP contribution < -0.4 is 14.4 Å². The van der Waals surface area contributed by atoms with E-state index in [0.717, 1.165) is 10.5 Å². The van der Waals surface area contributed by atoms with Gasteiger partial charge in [0.15, 0.2) is 0 Å². The molecule has 0 spiro atoms. The Morgan fingerprint density at radius 3 is 1.87 bits per heavy atom. The van der Waals surface area contributed by atoms with Gasteiger partial charge in [0.05, 0.1) is 51.5 Å². The molecule has 3 aromatic rings. The third kappa shape index (κ3) is 3.83. The Balaban J connectivity index is 1.71. The summed E-state index contributed by atoms with van der Waals surface area (Å²) in [5.41, 5.74) is 1.34. The zero-order chi connectivity index (χ0) is 27.6. The van der Waals surface area contributed by atoms with E-state index in [1.54, 1.807) is 36.4 Å². The highest BCUT2D eigenvalue weighted by Crippen LogP contribution is 2.51. The molecule has 0 aliphatic carbocycles. The molecular formula is C26H17Cl5N2O5. The van der Waals surface area contributed by atoms with E-state index < -0.39 is 29.8 Å². The molecule has 2 atom stereocenters. The van der Waals surface area contributed by atoms with Crippen molar-refractivity contribution in [2.24, 2.45) is 0 Å². The van der Waals surface area contributed by atoms with Gasteiger partial charge in [-0.1, -0.05) is 64.1 Å². The number of β-lactam (4-membered cyclic amide) rings is 1. The second-order valence-corrected chi connectivity index (χ2v) is 10.6. The van der Waals surface area contributed by atoms with Gasteiger partial charge in [-0.05, 0) is 42.8 Å². The molecule has 0 bridgehead atoms. The first-order valence-corrected chi connectivity index (χ1v) is 13.0. The third-order valence-electron chi connectivity index (χ3n) is 6.66. The largest absolute Gasteiger partial charge is 0.497 e. The van der Waals surface area contributed by atoms with Gasteiger partial charge in [0.1, 0.15) is 17.5 Å². The van der Waals surface area contributed by atoms with Gasteiger partial charge in [-0.25, -0.2) is 0 Å². The van der Waals surface area contributed by atoms with Crippen molar-refractivity contribution in [3.05, 3.63) is 83.8 Å². The number of ether oxygens (including phenoxy) is 2. The smallest absolute Gasteiger partial charge is 0.264 e. The fraction of sp³-hybridized carbons (Fsp3) is 0.192. The number of amides is 3. The first-order valence-electron chi connectivity index (χ1n) is 11.1. The van der Waals surface area contributed by atoms with Crippen molar-refractivity contribution in [3.8, 4) is 11.5 Å². The fourth-order valence-corrected chi connectivity index (χ4v) is 6.02. The lowest BCUT2D eigenvalue weighted by atomic mass is 9.85. The van der Waals surface area contributed by atoms with Gasteiger partial charge in [-0.15, -0.1) is 0 Å². The van der Waals surface area contributed by atoms with Gasteiger partial charge < -0.3 is 9.47 Å². The quantitative estimate of drug-likeness (QED) is 0.134. The lowest BCUT2D eigenvalue weighted by Crippen LogP contribution is -2.67. The molecule has 1 saturated heterocycles. The molecule has 196 valence electrons. The van der Waals surface area contributed by atoms with Crippen molar-refractivity contribution in [2.45, 2.75) is 19.0 Å². The van der Waals surface area contributed by atoms with E-state index in [1.807, 2.05) is 6.92 Å². The van der Waals surface area contributed by atoms with Crippen LogP contribution in [0.5, 0.6) is 11.5 Å². The molecule has 0 saturated carbocycles. The maximum Gasteiger partial charge on any atom is 0.264 e. The van der Waals surface area contributed by atoms with E-state index in [2.05, 4.69) is 0 Å². The summed E-state index contributed by atoms with van der Waals surface area (Å²) < 4.78 is 11.0. The van der Waals surface area contributed by atoms with E-state index in [4.69, 9.17) is 67.5 Å². The highest BCUT2D eigenvalue weighted by Gasteiger charge is 2.59. The van der Waals surface area contributed by atoms with Crippen molar-refractivity contribution in [2.75, 3.05) is 19.1 Å². The predicted octanol–water partition coefficient (Wildman–Crippen LogP) is 7.03. The highest BCUT2D eigenvalue weighted by molar-refractivity contribution is 6.55. The van der Waals surface area contributed by atoms with E-state index in [9.17, 15) is 14.4 Å². The first-order chi connectivity index (χ1) is 18.0. The molecule has 0 aromatic heterocycles. The summed E-state index contributed by atoms with van der Waals surface area (Å²) in [7, 11) is 2.97. The average Bonchev–Trinajstić information content (AvgIpc) is 3.16. The highest BCUT2D eigenvalue weighted by atomic mass is 35.5. The number of imide groups is 1. The zero-order valence-electron chi connectivity index (χ0n) is 19.9. The van der Waals surface area contributed by atoms with E-state index >= 15 is 0 Å². The van der Waals surface area contributed by atoms with Gasteiger partial charge in [-0.3, -0.25) is 24.2 Å². The molecule has 5 rings (SSSR count). The minimum Gasteiger partial charge on any atom is -0.497 e. The number of hydrogen-bond donors (Lipinski definition) is 0. The molecule has 0 N–H and O–H groups in total. The van der Waals surface area contributed by atoms with Crippen molar-refractivity contribution in [1.82, 2.24) is 4.90 Å². The van der Waals surface area contributed by atoms with Crippen LogP contribution in [0.2, 0.25) is 25.1 Å². The van der Waals surface area contributed by atoms with Gasteiger partial charge in [0.25, 0.3) is 17.7 Å². The number of anilines is 1. The summed E-state index contributed by atoms with van der Waals surface area (Å²) in [5, 5.41) is -0.366. The van der Waals surface area contributed by atoms with E-state index in [1.165, 1.54) is 19.1 Å². The lowest BCUT2D eigenvalue weighted by molar-refractivity contribution is -0.130. The van der Waals surface area contributed by atoms with Gasteiger partial charge >= 0.3 is 0 Å². The topological polar surface area (TPSA) is 76.1 Å². The Bertz CT molecular complexity index is 1510. The maximum absolute atomic E-state index is 13.8. The molecule has 0 radical (unpaired) electrons. The minimum atomic E-state index is -1.27. The summed E-state index contributed by atoms with van der Waals surface area (Å²) >= 11 is 31.3. The first kappa shape index (κ1) is 26.9. The summed E-state index contributed by atoms with van der Waals surface area (Å²) in [6, 6.07) is 8.02. The number of hydrogen-bond acceptors (Lipinski definition) is 5. The minimum absolute atomic E-state index is 0.165. The van der Waals surface area contributed by atoms with Crippen LogP contribution in [0.15, 0.2) is 36.4 Å². The molecule has 3 aromatic carbocycles. The average molecular weight is 615 g/mol. The summed E-state index contributed by atoms with van der Waals surface area (Å²) in [4.78, 5) is 43.5. The predicted molar refractivity (Wildman–Crippen MR) is 147 cm³/mol. The number of carbonyl (C=O) groups is 3. The number of carbonyl (C=O) groups excluding carboxylic acids is 3. The lowest BCUT2D eigenvalue weighted by Gasteiger charge is -2.50. The van der Waals surface area contributed by atoms with E-state index in [-0.39, 0.29) is 31.2 Å². The van der Waals surface area contributed by atoms with Crippen molar-refractivity contribution < 1.29 is 23.9 Å². The van der Waals surface area contributed by atoms with Crippen molar-refractivity contribution in [3.63, 3.8) is 0 Å². The molecule has 38 heavy (non-hydrogen) atoms. The SMILES string of the molecule is COc1ccc(OC)c(C2C(N3C(=O)c4c(Cl)c(Cl)c(Cl)c(Cl)c4C3=O)C(=O)N2c2cc(Cl)ccc2C)c1. The Morgan fingerprint density at radius 1 is 0.711 bits per heavy atom. The molecule has 1 fully saturated rings. The second kappa shape index (κ2) is 9.81. The van der Waals surface area contributed by atoms with Gasteiger partial charge in [0.2, 0.25) is 0 Å². The summed E-state index contributed by atoms with van der Waals surface area (Å²) in [6.45, 7) is 1.82. The number of halogens is 5. The van der Waals surface area contributed by atoms with Crippen LogP contribution in [0.3, 0.4) is 0 Å². The normalized spacial score (nSPS) is 18.6. The fourth-order valence-electron chi connectivity index (χ4n) is 4.83. The third-order valence-corrected chi connectivity index (χ3v) is 8.70. The van der Waals surface area contributed by atoms with Crippen LogP contribution in [0.25, 0.3) is 0 Å². The molecule has 12 heteroatoms. The Morgan fingerprint density at radius 2 is 1.32 bits per heavy atom. The maximum atomic E-state index is 13.8. The number of nitrogens with zero attached hydrogens (tertiary/aromatic N) is 2. The Hall–Kier alpha value is -2.68. The molecule has 3 amide bonds. The standard InChI is InChI=1S/C26H17Cl5N2O5/c1-10-4-5-11(27)8-14(10)32-22(13-9-12(37-2)6-7-15(13)38-3)23(26(32)36)33-24(34)16-17(25(33)35)19(29)21(31)20(30)18(16)28/h4-9,22-23H,1-3H3. The Kier molecular flexibility index (Phi) is 6.95.